The summed E-state index contributed by atoms with van der Waals surface area (Å²) in [6.45, 7) is 4.54. The van der Waals surface area contributed by atoms with Crippen molar-refractivity contribution in [2.24, 2.45) is 0 Å². The lowest BCUT2D eigenvalue weighted by molar-refractivity contribution is -0.157. The Kier molecular flexibility index (Phi) is 9.42. The minimum Gasteiger partial charge on any atom is -0.493 e. The fourth-order valence-electron chi connectivity index (χ4n) is 2.97. The Balaban J connectivity index is 2.54. The number of esters is 4. The summed E-state index contributed by atoms with van der Waals surface area (Å²) in [5.74, 6) is -1.84. The van der Waals surface area contributed by atoms with E-state index in [1.54, 1.807) is 24.3 Å². The molecule has 0 saturated heterocycles. The molecule has 0 spiro atoms. The summed E-state index contributed by atoms with van der Waals surface area (Å²) in [6, 6.07) is 11.0. The average Bonchev–Trinajstić information content (AvgIpc) is 2.75. The minimum absolute atomic E-state index is 0.00444. The van der Waals surface area contributed by atoms with Crippen molar-refractivity contribution in [1.82, 2.24) is 0 Å². The first-order chi connectivity index (χ1) is 16.1. The number of benzene rings is 2. The Morgan fingerprint density at radius 2 is 1.35 bits per heavy atom. The summed E-state index contributed by atoms with van der Waals surface area (Å²) in [4.78, 5) is 46.5. The van der Waals surface area contributed by atoms with Crippen molar-refractivity contribution < 1.29 is 47.6 Å². The van der Waals surface area contributed by atoms with Gasteiger partial charge in [0.2, 0.25) is 0 Å². The highest BCUT2D eigenvalue weighted by Crippen LogP contribution is 2.36. The van der Waals surface area contributed by atoms with E-state index in [4.69, 9.17) is 28.4 Å². The van der Waals surface area contributed by atoms with Crippen LogP contribution in [0.4, 0.5) is 0 Å². The standard InChI is InChI=1S/C24H26O10/c1-14(25)30-13-23(34-20-9-7-6-8-19(20)29-5)24(33-17(4)28)18-10-11-21(31-15(2)26)22(12-18)32-16(3)27/h6-12,23-24H,13H2,1-5H3. The van der Waals surface area contributed by atoms with Gasteiger partial charge < -0.3 is 28.4 Å². The number of carbonyl (C=O) groups is 4. The van der Waals surface area contributed by atoms with Gasteiger partial charge in [0.15, 0.2) is 35.2 Å². The van der Waals surface area contributed by atoms with Gasteiger partial charge in [-0.25, -0.2) is 0 Å². The largest absolute Gasteiger partial charge is 0.493 e. The summed E-state index contributed by atoms with van der Waals surface area (Å²) >= 11 is 0. The molecule has 0 aromatic heterocycles. The molecule has 2 rings (SSSR count). The van der Waals surface area contributed by atoms with Crippen molar-refractivity contribution in [3.8, 4) is 23.0 Å². The second-order valence-electron chi connectivity index (χ2n) is 7.03. The van der Waals surface area contributed by atoms with Gasteiger partial charge in [-0.1, -0.05) is 18.2 Å². The molecule has 10 nitrogen and oxygen atoms in total. The molecule has 2 unspecified atom stereocenters. The van der Waals surface area contributed by atoms with Gasteiger partial charge in [-0.15, -0.1) is 0 Å². The van der Waals surface area contributed by atoms with Gasteiger partial charge in [-0.3, -0.25) is 19.2 Å². The molecule has 0 fully saturated rings. The van der Waals surface area contributed by atoms with Crippen molar-refractivity contribution in [3.63, 3.8) is 0 Å². The van der Waals surface area contributed by atoms with Crippen LogP contribution in [-0.4, -0.2) is 43.7 Å². The Hall–Kier alpha value is -4.08. The topological polar surface area (TPSA) is 124 Å². The number of hydrogen-bond donors (Lipinski definition) is 0. The van der Waals surface area contributed by atoms with Crippen molar-refractivity contribution >= 4 is 23.9 Å². The maximum Gasteiger partial charge on any atom is 0.308 e. The minimum atomic E-state index is -1.11. The Labute approximate surface area is 196 Å². The van der Waals surface area contributed by atoms with Crippen LogP contribution in [0.2, 0.25) is 0 Å². The molecule has 0 N–H and O–H groups in total. The van der Waals surface area contributed by atoms with Crippen LogP contribution in [0.1, 0.15) is 39.4 Å². The molecule has 0 radical (unpaired) electrons. The number of rotatable bonds is 10. The zero-order chi connectivity index (χ0) is 25.3. The third-order valence-electron chi connectivity index (χ3n) is 4.23. The average molecular weight is 474 g/mol. The van der Waals surface area contributed by atoms with Crippen molar-refractivity contribution in [2.45, 2.75) is 39.9 Å². The van der Waals surface area contributed by atoms with Gasteiger partial charge in [0.05, 0.1) is 7.11 Å². The van der Waals surface area contributed by atoms with Crippen LogP contribution in [0.5, 0.6) is 23.0 Å². The SMILES string of the molecule is COc1ccccc1OC(COC(C)=O)C(OC(C)=O)c1ccc(OC(C)=O)c(OC(C)=O)c1. The van der Waals surface area contributed by atoms with Crippen LogP contribution in [0.15, 0.2) is 42.5 Å². The van der Waals surface area contributed by atoms with Crippen molar-refractivity contribution in [3.05, 3.63) is 48.0 Å². The lowest BCUT2D eigenvalue weighted by atomic mass is 10.0. The first-order valence-corrected chi connectivity index (χ1v) is 10.2. The van der Waals surface area contributed by atoms with Crippen LogP contribution in [-0.2, 0) is 28.7 Å². The van der Waals surface area contributed by atoms with Gasteiger partial charge in [0.1, 0.15) is 6.61 Å². The van der Waals surface area contributed by atoms with Crippen molar-refractivity contribution in [1.29, 1.82) is 0 Å². The number of ether oxygens (including phenoxy) is 6. The van der Waals surface area contributed by atoms with Crippen LogP contribution in [0, 0.1) is 0 Å². The second-order valence-corrected chi connectivity index (χ2v) is 7.03. The molecule has 0 amide bonds. The van der Waals surface area contributed by atoms with E-state index in [0.717, 1.165) is 0 Å². The molecule has 0 aliphatic rings. The van der Waals surface area contributed by atoms with E-state index in [1.165, 1.54) is 53.0 Å². The number of methoxy groups -OCH3 is 1. The summed E-state index contributed by atoms with van der Waals surface area (Å²) < 4.78 is 32.3. The van der Waals surface area contributed by atoms with Gasteiger partial charge in [-0.2, -0.15) is 0 Å². The van der Waals surface area contributed by atoms with E-state index in [9.17, 15) is 19.2 Å². The molecule has 0 bridgehead atoms. The molecule has 0 saturated carbocycles. The molecular formula is C24H26O10. The Morgan fingerprint density at radius 3 is 1.91 bits per heavy atom. The van der Waals surface area contributed by atoms with Gasteiger partial charge in [-0.05, 0) is 24.3 Å². The maximum atomic E-state index is 12.0. The van der Waals surface area contributed by atoms with Gasteiger partial charge >= 0.3 is 23.9 Å². The summed E-state index contributed by atoms with van der Waals surface area (Å²) in [7, 11) is 1.46. The number of para-hydroxylation sites is 2. The highest BCUT2D eigenvalue weighted by Gasteiger charge is 2.31. The molecule has 10 heteroatoms. The van der Waals surface area contributed by atoms with Crippen LogP contribution in [0.3, 0.4) is 0 Å². The zero-order valence-electron chi connectivity index (χ0n) is 19.5. The highest BCUT2D eigenvalue weighted by atomic mass is 16.6. The van der Waals surface area contributed by atoms with E-state index in [2.05, 4.69) is 0 Å². The van der Waals surface area contributed by atoms with Gasteiger partial charge in [0, 0.05) is 33.3 Å². The normalized spacial score (nSPS) is 12.0. The van der Waals surface area contributed by atoms with E-state index in [0.29, 0.717) is 17.1 Å². The smallest absolute Gasteiger partial charge is 0.308 e. The fourth-order valence-corrected chi connectivity index (χ4v) is 2.97. The first-order valence-electron chi connectivity index (χ1n) is 10.2. The fraction of sp³-hybridized carbons (Fsp3) is 0.333. The monoisotopic (exact) mass is 474 g/mol. The molecule has 2 aromatic carbocycles. The molecule has 182 valence electrons. The lowest BCUT2D eigenvalue weighted by Crippen LogP contribution is -2.34. The van der Waals surface area contributed by atoms with Gasteiger partial charge in [0.25, 0.3) is 0 Å². The second kappa shape index (κ2) is 12.2. The predicted octanol–water partition coefficient (Wildman–Crippen LogP) is 3.16. The molecule has 2 atom stereocenters. The summed E-state index contributed by atoms with van der Waals surface area (Å²) in [5.41, 5.74) is 0.328. The number of hydrogen-bond acceptors (Lipinski definition) is 10. The van der Waals surface area contributed by atoms with Crippen LogP contribution >= 0.6 is 0 Å². The molecular weight excluding hydrogens is 448 g/mol. The van der Waals surface area contributed by atoms with E-state index in [1.807, 2.05) is 0 Å². The molecule has 0 aliphatic heterocycles. The first kappa shape index (κ1) is 26.2. The maximum absolute atomic E-state index is 12.0. The third kappa shape index (κ3) is 7.80. The van der Waals surface area contributed by atoms with Crippen LogP contribution in [0.25, 0.3) is 0 Å². The van der Waals surface area contributed by atoms with Crippen molar-refractivity contribution in [2.75, 3.05) is 13.7 Å². The quantitative estimate of drug-likeness (QED) is 0.375. The van der Waals surface area contributed by atoms with Crippen LogP contribution < -0.4 is 18.9 Å². The summed E-state index contributed by atoms with van der Waals surface area (Å²) in [5, 5.41) is 0. The van der Waals surface area contributed by atoms with E-state index in [-0.39, 0.29) is 18.1 Å². The molecule has 34 heavy (non-hydrogen) atoms. The van der Waals surface area contributed by atoms with E-state index >= 15 is 0 Å². The predicted molar refractivity (Wildman–Crippen MR) is 118 cm³/mol. The molecule has 0 heterocycles. The lowest BCUT2D eigenvalue weighted by Gasteiger charge is -2.28. The number of carbonyl (C=O) groups excluding carboxylic acids is 4. The van der Waals surface area contributed by atoms with E-state index < -0.39 is 36.1 Å². The Bertz CT molecular complexity index is 1050. The zero-order valence-corrected chi connectivity index (χ0v) is 19.5. The Morgan fingerprint density at radius 1 is 0.735 bits per heavy atom. The third-order valence-corrected chi connectivity index (χ3v) is 4.23. The molecule has 2 aromatic rings. The highest BCUT2D eigenvalue weighted by molar-refractivity contribution is 5.74. The summed E-state index contributed by atoms with van der Waals surface area (Å²) in [6.07, 6.45) is -2.13. The molecule has 0 aliphatic carbocycles.